The number of amides is 2. The quantitative estimate of drug-likeness (QED) is 0.197. The van der Waals surface area contributed by atoms with Gasteiger partial charge >= 0.3 is 11.9 Å². The van der Waals surface area contributed by atoms with E-state index in [4.69, 9.17) is 18.9 Å². The third-order valence-corrected chi connectivity index (χ3v) is 5.90. The Morgan fingerprint density at radius 2 is 1.76 bits per heavy atom. The normalized spacial score (nSPS) is 27.2. The van der Waals surface area contributed by atoms with Gasteiger partial charge in [-0.1, -0.05) is 6.08 Å². The first-order chi connectivity index (χ1) is 15.6. The Morgan fingerprint density at radius 1 is 1.09 bits per heavy atom. The Morgan fingerprint density at radius 3 is 2.33 bits per heavy atom. The van der Waals surface area contributed by atoms with E-state index in [0.29, 0.717) is 5.56 Å². The Labute approximate surface area is 189 Å². The van der Waals surface area contributed by atoms with Crippen LogP contribution in [0.4, 0.5) is 5.69 Å². The molecule has 10 heteroatoms. The number of esters is 2. The molecular weight excluding hydrogens is 434 g/mol. The van der Waals surface area contributed by atoms with E-state index in [1.54, 1.807) is 19.1 Å². The molecule has 3 heterocycles. The van der Waals surface area contributed by atoms with Gasteiger partial charge in [-0.2, -0.15) is 0 Å². The number of hydrogen-bond acceptors (Lipinski definition) is 9. The lowest BCUT2D eigenvalue weighted by molar-refractivity contribution is -0.226. The third-order valence-electron chi connectivity index (χ3n) is 5.90. The fraction of sp³-hybridized carbons (Fsp3) is 0.435. The van der Waals surface area contributed by atoms with E-state index in [1.807, 2.05) is 0 Å². The number of carbonyl (C=O) groups is 5. The number of Topliss-reactive ketones (excluding diaryl/α,β-unsaturated/α-hetero) is 1. The molecule has 10 nitrogen and oxygen atoms in total. The number of hydrogen-bond donors (Lipinski definition) is 0. The molecule has 2 bridgehead atoms. The summed E-state index contributed by atoms with van der Waals surface area (Å²) in [6.07, 6.45) is 0.747. The van der Waals surface area contributed by atoms with E-state index < -0.39 is 53.6 Å². The van der Waals surface area contributed by atoms with Gasteiger partial charge in [0.15, 0.2) is 11.4 Å². The number of fused-ring (bicyclic) bond motifs is 5. The molecule has 174 valence electrons. The van der Waals surface area contributed by atoms with Gasteiger partial charge in [-0.3, -0.25) is 24.0 Å². The Balaban J connectivity index is 1.79. The highest BCUT2D eigenvalue weighted by molar-refractivity contribution is 6.24. The summed E-state index contributed by atoms with van der Waals surface area (Å²) < 4.78 is 21.9. The van der Waals surface area contributed by atoms with Crippen LogP contribution in [-0.4, -0.2) is 54.1 Å². The number of ether oxygens (including phenoxy) is 4. The zero-order chi connectivity index (χ0) is 24.1. The van der Waals surface area contributed by atoms with Crippen LogP contribution in [0, 0.1) is 11.8 Å². The summed E-state index contributed by atoms with van der Waals surface area (Å²) in [5.74, 6) is -4.71. The first-order valence-corrected chi connectivity index (χ1v) is 10.5. The highest BCUT2D eigenvalue weighted by Gasteiger charge is 2.72. The zero-order valence-corrected chi connectivity index (χ0v) is 18.5. The van der Waals surface area contributed by atoms with Crippen LogP contribution in [-0.2, 0) is 33.4 Å². The van der Waals surface area contributed by atoms with Gasteiger partial charge in [0.2, 0.25) is 11.8 Å². The minimum atomic E-state index is -1.65. The fourth-order valence-electron chi connectivity index (χ4n) is 4.64. The predicted molar refractivity (Wildman–Crippen MR) is 111 cm³/mol. The van der Waals surface area contributed by atoms with Gasteiger partial charge in [0.05, 0.1) is 30.2 Å². The third kappa shape index (κ3) is 3.50. The smallest absolute Gasteiger partial charge is 0.305 e. The molecule has 0 saturated carbocycles. The van der Waals surface area contributed by atoms with Crippen LogP contribution in [0.5, 0.6) is 5.75 Å². The molecule has 4 rings (SSSR count). The first kappa shape index (κ1) is 22.7. The van der Waals surface area contributed by atoms with Crippen molar-refractivity contribution < 1.29 is 42.9 Å². The molecule has 3 aliphatic rings. The lowest BCUT2D eigenvalue weighted by Gasteiger charge is -2.34. The van der Waals surface area contributed by atoms with Crippen molar-refractivity contribution in [2.75, 3.05) is 11.5 Å². The van der Waals surface area contributed by atoms with Crippen LogP contribution < -0.4 is 9.64 Å². The van der Waals surface area contributed by atoms with Crippen LogP contribution in [0.1, 0.15) is 38.1 Å². The van der Waals surface area contributed by atoms with Crippen molar-refractivity contribution in [2.45, 2.75) is 45.7 Å². The molecule has 0 spiro atoms. The van der Waals surface area contributed by atoms with Gasteiger partial charge in [-0.15, -0.1) is 0 Å². The Bertz CT molecular complexity index is 1080. The highest BCUT2D eigenvalue weighted by atomic mass is 16.7. The van der Waals surface area contributed by atoms with E-state index in [-0.39, 0.29) is 23.8 Å². The summed E-state index contributed by atoms with van der Waals surface area (Å²) in [5.41, 5.74) is -1.21. The van der Waals surface area contributed by atoms with E-state index in [2.05, 4.69) is 0 Å². The van der Waals surface area contributed by atoms with Crippen molar-refractivity contribution >= 4 is 35.2 Å². The Hall–Kier alpha value is -3.53. The molecule has 0 N–H and O–H groups in total. The molecule has 1 aromatic rings. The van der Waals surface area contributed by atoms with Gasteiger partial charge < -0.3 is 18.9 Å². The summed E-state index contributed by atoms with van der Waals surface area (Å²) >= 11 is 0. The lowest BCUT2D eigenvalue weighted by atomic mass is 9.76. The highest BCUT2D eigenvalue weighted by Crippen LogP contribution is 2.55. The molecule has 3 aliphatic heterocycles. The van der Waals surface area contributed by atoms with Gasteiger partial charge in [-0.25, -0.2) is 4.90 Å². The molecule has 33 heavy (non-hydrogen) atoms. The maximum Gasteiger partial charge on any atom is 0.305 e. The Kier molecular flexibility index (Phi) is 5.57. The molecule has 2 saturated heterocycles. The minimum Gasteiger partial charge on any atom is -0.492 e. The van der Waals surface area contributed by atoms with E-state index in [9.17, 15) is 24.0 Å². The molecule has 1 aromatic carbocycles. The number of carbonyl (C=O) groups excluding carboxylic acids is 5. The molecule has 2 amide bonds. The number of rotatable bonds is 7. The maximum absolute atomic E-state index is 13.7. The molecule has 0 aromatic heterocycles. The second-order valence-electron chi connectivity index (χ2n) is 8.03. The van der Waals surface area contributed by atoms with Gasteiger partial charge in [0.25, 0.3) is 6.29 Å². The summed E-state index contributed by atoms with van der Waals surface area (Å²) in [6, 6.07) is 4.52. The number of benzene rings is 1. The summed E-state index contributed by atoms with van der Waals surface area (Å²) in [6.45, 7) is 5.66. The van der Waals surface area contributed by atoms with Crippen LogP contribution in [0.2, 0.25) is 0 Å². The molecule has 0 unspecified atom stereocenters. The summed E-state index contributed by atoms with van der Waals surface area (Å²) in [7, 11) is 0. The van der Waals surface area contributed by atoms with Crippen LogP contribution in [0.25, 0.3) is 0 Å². The molecule has 0 aliphatic carbocycles. The second-order valence-corrected chi connectivity index (χ2v) is 8.03. The molecule has 4 atom stereocenters. The SMILES string of the molecule is CCOc1ccc(C(C)=O)cc1N1C(=O)[C@H]2[C@@H]3C=C[C@@](C(OC(C)=O)OC(C)=O)(O3)[C@@H]2C1=O. The van der Waals surface area contributed by atoms with E-state index >= 15 is 0 Å². The van der Waals surface area contributed by atoms with Crippen molar-refractivity contribution in [1.29, 1.82) is 0 Å². The lowest BCUT2D eigenvalue weighted by Crippen LogP contribution is -2.52. The van der Waals surface area contributed by atoms with Crippen molar-refractivity contribution in [2.24, 2.45) is 11.8 Å². The number of anilines is 1. The van der Waals surface area contributed by atoms with Crippen molar-refractivity contribution in [3.05, 3.63) is 35.9 Å². The number of ketones is 1. The van der Waals surface area contributed by atoms with Crippen LogP contribution in [0.15, 0.2) is 30.4 Å². The number of imide groups is 1. The van der Waals surface area contributed by atoms with Gasteiger partial charge in [-0.05, 0) is 38.1 Å². The van der Waals surface area contributed by atoms with E-state index in [1.165, 1.54) is 25.1 Å². The molecular formula is C23H23NO9. The minimum absolute atomic E-state index is 0.139. The van der Waals surface area contributed by atoms with Crippen molar-refractivity contribution in [1.82, 2.24) is 0 Å². The molecule has 2 fully saturated rings. The van der Waals surface area contributed by atoms with Crippen molar-refractivity contribution in [3.8, 4) is 5.75 Å². The van der Waals surface area contributed by atoms with Gasteiger partial charge in [0.1, 0.15) is 5.75 Å². The van der Waals surface area contributed by atoms with Crippen molar-refractivity contribution in [3.63, 3.8) is 0 Å². The summed E-state index contributed by atoms with van der Waals surface area (Å²) in [4.78, 5) is 63.5. The first-order valence-electron chi connectivity index (χ1n) is 10.5. The standard InChI is InChI=1S/C23H23NO9/c1-5-30-16-7-6-14(11(2)25)10-15(16)24-20(28)18-17-8-9-23(33-17,19(18)21(24)29)22(31-12(3)26)32-13(4)27/h6-10,17-19,22H,5H2,1-4H3/t17-,18-,19-,23+/m0/s1. The topological polar surface area (TPSA) is 126 Å². The average molecular weight is 457 g/mol. The predicted octanol–water partition coefficient (Wildman–Crippen LogP) is 1.55. The maximum atomic E-state index is 13.7. The second kappa shape index (κ2) is 8.11. The fourth-order valence-corrected chi connectivity index (χ4v) is 4.64. The zero-order valence-electron chi connectivity index (χ0n) is 18.5. The monoisotopic (exact) mass is 457 g/mol. The largest absolute Gasteiger partial charge is 0.492 e. The molecule has 0 radical (unpaired) electrons. The van der Waals surface area contributed by atoms with E-state index in [0.717, 1.165) is 18.7 Å². The summed E-state index contributed by atoms with van der Waals surface area (Å²) in [5, 5.41) is 0. The average Bonchev–Trinajstić information content (AvgIpc) is 3.38. The number of nitrogens with zero attached hydrogens (tertiary/aromatic N) is 1. The van der Waals surface area contributed by atoms with Crippen LogP contribution >= 0.6 is 0 Å². The van der Waals surface area contributed by atoms with Crippen LogP contribution in [0.3, 0.4) is 0 Å². The van der Waals surface area contributed by atoms with Gasteiger partial charge in [0, 0.05) is 19.4 Å².